The van der Waals surface area contributed by atoms with Crippen LogP contribution in [0.1, 0.15) is 1.43 Å². The molecule has 0 aliphatic rings. The number of hydrogen-bond acceptors (Lipinski definition) is 4. The molecule has 2 aromatic rings. The summed E-state index contributed by atoms with van der Waals surface area (Å²) < 4.78 is 6.13. The van der Waals surface area contributed by atoms with E-state index in [9.17, 15) is 9.59 Å². The Morgan fingerprint density at radius 1 is 1.53 bits per heavy atom. The van der Waals surface area contributed by atoms with Gasteiger partial charge in [-0.1, -0.05) is 0 Å². The number of ether oxygens (including phenoxy) is 1. The summed E-state index contributed by atoms with van der Waals surface area (Å²) in [5.41, 5.74) is 0.178. The molecule has 19 heavy (non-hydrogen) atoms. The Hall–Kier alpha value is -1.63. The first-order valence-corrected chi connectivity index (χ1v) is 5.08. The van der Waals surface area contributed by atoms with Crippen molar-refractivity contribution in [3.63, 3.8) is 0 Å². The van der Waals surface area contributed by atoms with Crippen LogP contribution in [0.25, 0.3) is 17.1 Å². The van der Waals surface area contributed by atoms with Crippen molar-refractivity contribution in [1.82, 2.24) is 9.55 Å². The van der Waals surface area contributed by atoms with Crippen LogP contribution in [0.4, 0.5) is 0 Å². The van der Waals surface area contributed by atoms with Crippen molar-refractivity contribution in [2.75, 3.05) is 7.11 Å². The zero-order valence-electron chi connectivity index (χ0n) is 11.5. The van der Waals surface area contributed by atoms with Gasteiger partial charge < -0.3 is 11.3 Å². The first-order valence-electron chi connectivity index (χ1n) is 5.08. The van der Waals surface area contributed by atoms with E-state index in [-0.39, 0.29) is 36.5 Å². The Morgan fingerprint density at radius 2 is 2.26 bits per heavy atom. The van der Waals surface area contributed by atoms with E-state index in [0.717, 1.165) is 16.8 Å². The summed E-state index contributed by atoms with van der Waals surface area (Å²) in [4.78, 5) is 26.5. The molecular formula is C12H11N2NaO4. The van der Waals surface area contributed by atoms with E-state index in [1.165, 1.54) is 13.4 Å². The maximum atomic E-state index is 12.0. The van der Waals surface area contributed by atoms with E-state index >= 15 is 0 Å². The van der Waals surface area contributed by atoms with Gasteiger partial charge in [-0.2, -0.15) is 0 Å². The molecule has 0 saturated carbocycles. The normalized spacial score (nSPS) is 10.4. The molecule has 0 spiro atoms. The van der Waals surface area contributed by atoms with E-state index in [0.29, 0.717) is 16.7 Å². The van der Waals surface area contributed by atoms with Crippen molar-refractivity contribution < 1.29 is 45.6 Å². The molecule has 0 unspecified atom stereocenters. The van der Waals surface area contributed by atoms with Crippen LogP contribution < -0.4 is 39.9 Å². The molecule has 0 amide bonds. The van der Waals surface area contributed by atoms with Crippen LogP contribution in [0.3, 0.4) is 0 Å². The third-order valence-corrected chi connectivity index (χ3v) is 2.37. The van der Waals surface area contributed by atoms with Crippen molar-refractivity contribution in [3.8, 4) is 5.75 Å². The molecule has 7 heteroatoms. The monoisotopic (exact) mass is 270 g/mol. The number of methoxy groups -OCH3 is 1. The van der Waals surface area contributed by atoms with Crippen LogP contribution in [0.5, 0.6) is 5.75 Å². The second-order valence-electron chi connectivity index (χ2n) is 3.49. The second kappa shape index (κ2) is 6.51. The maximum absolute atomic E-state index is 12.0. The number of rotatable bonds is 3. The Labute approximate surface area is 132 Å². The number of carboxylic acids is 1. The first kappa shape index (κ1) is 15.4. The molecule has 1 heterocycles. The van der Waals surface area contributed by atoms with E-state index in [4.69, 9.17) is 9.84 Å². The summed E-state index contributed by atoms with van der Waals surface area (Å²) >= 11 is 0. The van der Waals surface area contributed by atoms with Crippen molar-refractivity contribution in [3.05, 3.63) is 41.0 Å². The van der Waals surface area contributed by atoms with Gasteiger partial charge in [0.05, 0.1) is 18.0 Å². The van der Waals surface area contributed by atoms with Crippen molar-refractivity contribution >= 4 is 23.1 Å². The number of nitrogens with zero attached hydrogens (tertiary/aromatic N) is 2. The molecule has 0 aliphatic heterocycles. The summed E-state index contributed by atoms with van der Waals surface area (Å²) in [6, 6.07) is 4.93. The molecule has 6 nitrogen and oxygen atoms in total. The van der Waals surface area contributed by atoms with Crippen LogP contribution >= 0.6 is 0 Å². The Morgan fingerprint density at radius 3 is 2.89 bits per heavy atom. The number of fused-ring (bicyclic) bond motifs is 1. The topological polar surface area (TPSA) is 81.4 Å². The first-order chi connectivity index (χ1) is 8.61. The van der Waals surface area contributed by atoms with Crippen molar-refractivity contribution in [1.29, 1.82) is 0 Å². The molecule has 0 radical (unpaired) electrons. The zero-order valence-corrected chi connectivity index (χ0v) is 12.5. The summed E-state index contributed by atoms with van der Waals surface area (Å²) in [6.07, 6.45) is 3.29. The molecule has 1 aromatic heterocycles. The molecule has 0 aliphatic carbocycles. The van der Waals surface area contributed by atoms with Gasteiger partial charge >= 0.3 is 35.5 Å². The fourth-order valence-corrected chi connectivity index (χ4v) is 1.49. The number of carbonyl (C=O) groups is 1. The minimum Gasteiger partial charge on any atom is -1.00 e. The van der Waals surface area contributed by atoms with E-state index < -0.39 is 5.97 Å². The number of benzene rings is 1. The fraction of sp³-hybridized carbons (Fsp3) is 0.0833. The molecule has 1 aromatic carbocycles. The fourth-order valence-electron chi connectivity index (χ4n) is 1.49. The molecular weight excluding hydrogens is 259 g/mol. The number of aromatic nitrogens is 2. The third-order valence-electron chi connectivity index (χ3n) is 2.37. The van der Waals surface area contributed by atoms with Gasteiger partial charge in [0.1, 0.15) is 12.1 Å². The second-order valence-corrected chi connectivity index (χ2v) is 3.49. The van der Waals surface area contributed by atoms with Gasteiger partial charge in [0.15, 0.2) is 0 Å². The van der Waals surface area contributed by atoms with Gasteiger partial charge in [0.25, 0.3) is 5.56 Å². The van der Waals surface area contributed by atoms with Crippen molar-refractivity contribution in [2.24, 2.45) is 0 Å². The molecule has 1 N–H and O–H groups in total. The van der Waals surface area contributed by atoms with Crippen molar-refractivity contribution in [2.45, 2.75) is 0 Å². The van der Waals surface area contributed by atoms with E-state index in [2.05, 4.69) is 4.98 Å². The van der Waals surface area contributed by atoms with Gasteiger partial charge in [-0.3, -0.25) is 9.36 Å². The maximum Gasteiger partial charge on any atom is 1.00 e. The third kappa shape index (κ3) is 3.44. The predicted octanol–water partition coefficient (Wildman–Crippen LogP) is -1.92. The minimum absolute atomic E-state index is 0. The van der Waals surface area contributed by atoms with Gasteiger partial charge in [0, 0.05) is 12.3 Å². The van der Waals surface area contributed by atoms with E-state index in [1.807, 2.05) is 0 Å². The summed E-state index contributed by atoms with van der Waals surface area (Å²) in [7, 11) is 1.50. The zero-order chi connectivity index (χ0) is 13.1. The Kier molecular flexibility index (Phi) is 5.29. The Bertz CT molecular complexity index is 699. The van der Waals surface area contributed by atoms with Crippen LogP contribution in [-0.2, 0) is 4.79 Å². The van der Waals surface area contributed by atoms with Gasteiger partial charge in [-0.25, -0.2) is 9.78 Å². The summed E-state index contributed by atoms with van der Waals surface area (Å²) in [5, 5.41) is 8.89. The van der Waals surface area contributed by atoms with Crippen LogP contribution in [0.15, 0.2) is 35.4 Å². The average molecular weight is 270 g/mol. The van der Waals surface area contributed by atoms with Crippen LogP contribution in [0, 0.1) is 0 Å². The molecule has 0 fully saturated rings. The SMILES string of the molecule is COc1ccc2ncn(/C=C/C(=O)O)c(=O)c2c1.[H-].[Na+]. The minimum atomic E-state index is -1.13. The molecule has 94 valence electrons. The number of aliphatic carboxylic acids is 1. The summed E-state index contributed by atoms with van der Waals surface area (Å²) in [6.45, 7) is 0. The number of carboxylic acid groups (broad SMARTS) is 1. The quantitative estimate of drug-likeness (QED) is 0.519. The van der Waals surface area contributed by atoms with Crippen LogP contribution in [-0.4, -0.2) is 27.7 Å². The smallest absolute Gasteiger partial charge is 1.00 e. The van der Waals surface area contributed by atoms with Gasteiger partial charge in [-0.15, -0.1) is 0 Å². The van der Waals surface area contributed by atoms with Gasteiger partial charge in [-0.05, 0) is 18.2 Å². The predicted molar refractivity (Wildman–Crippen MR) is 66.6 cm³/mol. The van der Waals surface area contributed by atoms with Crippen LogP contribution in [0.2, 0.25) is 0 Å². The summed E-state index contributed by atoms with van der Waals surface area (Å²) in [5.74, 6) is -0.589. The molecule has 0 atom stereocenters. The average Bonchev–Trinajstić information content (AvgIpc) is 2.37. The standard InChI is InChI=1S/C12H10N2O4.Na.H/c1-18-8-2-3-10-9(6-8)12(17)14(7-13-10)5-4-11(15)16;;/h2-7H,1H3,(H,15,16);;/q;+1;-1/b5-4+;;. The Balaban J connectivity index is 0.00000180. The number of hydrogen-bond donors (Lipinski definition) is 1. The molecule has 0 saturated heterocycles. The van der Waals surface area contributed by atoms with E-state index in [1.54, 1.807) is 18.2 Å². The molecule has 0 bridgehead atoms. The largest absolute Gasteiger partial charge is 1.00 e. The van der Waals surface area contributed by atoms with Gasteiger partial charge in [0.2, 0.25) is 0 Å². The molecule has 2 rings (SSSR count).